The van der Waals surface area contributed by atoms with Crippen LogP contribution in [0.2, 0.25) is 5.02 Å². The second-order valence-electron chi connectivity index (χ2n) is 6.60. The van der Waals surface area contributed by atoms with Gasteiger partial charge in [0.25, 0.3) is 0 Å². The maximum absolute atomic E-state index is 12.8. The number of halogens is 1. The molecule has 7 nitrogen and oxygen atoms in total. The van der Waals surface area contributed by atoms with E-state index in [4.69, 9.17) is 16.3 Å². The standard InChI is InChI=1S/C21H22ClN3O4S/c1-3-25(12-19(26)23-14-6-4-5-7-16(14)29-2)20(27)11-18-21(28)24-15-10-13(22)8-9-17(15)30-18/h4-10,18H,3,11-12H2,1-2H3,(H,23,26)(H,24,28)/t18-/m0/s1. The molecule has 2 aromatic carbocycles. The number of amides is 3. The Labute approximate surface area is 184 Å². The smallest absolute Gasteiger partial charge is 0.244 e. The van der Waals surface area contributed by atoms with Crippen molar-refractivity contribution in [2.45, 2.75) is 23.5 Å². The number of carbonyl (C=O) groups excluding carboxylic acids is 3. The summed E-state index contributed by atoms with van der Waals surface area (Å²) in [5.41, 5.74) is 1.18. The first kappa shape index (κ1) is 22.0. The third-order valence-corrected chi connectivity index (χ3v) is 6.08. The second kappa shape index (κ2) is 9.86. The first-order chi connectivity index (χ1) is 14.4. The van der Waals surface area contributed by atoms with Crippen LogP contribution in [0.3, 0.4) is 0 Å². The molecule has 158 valence electrons. The van der Waals surface area contributed by atoms with Crippen molar-refractivity contribution in [2.75, 3.05) is 30.8 Å². The van der Waals surface area contributed by atoms with E-state index in [1.54, 1.807) is 43.3 Å². The lowest BCUT2D eigenvalue weighted by atomic mass is 10.2. The molecule has 3 rings (SSSR count). The number of hydrogen-bond donors (Lipinski definition) is 2. The molecular formula is C21H22ClN3O4S. The van der Waals surface area contributed by atoms with Crippen LogP contribution < -0.4 is 15.4 Å². The summed E-state index contributed by atoms with van der Waals surface area (Å²) in [5, 5.41) is 5.51. The van der Waals surface area contributed by atoms with Gasteiger partial charge < -0.3 is 20.3 Å². The zero-order chi connectivity index (χ0) is 21.7. The van der Waals surface area contributed by atoms with Crippen LogP contribution in [0.4, 0.5) is 11.4 Å². The number of methoxy groups -OCH3 is 1. The van der Waals surface area contributed by atoms with Crippen LogP contribution in [0, 0.1) is 0 Å². The van der Waals surface area contributed by atoms with Gasteiger partial charge in [0.2, 0.25) is 17.7 Å². The van der Waals surface area contributed by atoms with Gasteiger partial charge in [-0.25, -0.2) is 0 Å². The van der Waals surface area contributed by atoms with Crippen LogP contribution in [0.15, 0.2) is 47.4 Å². The third-order valence-electron chi connectivity index (χ3n) is 4.57. The molecule has 0 saturated heterocycles. The number of para-hydroxylation sites is 2. The zero-order valence-electron chi connectivity index (χ0n) is 16.6. The molecule has 1 aliphatic heterocycles. The number of ether oxygens (including phenoxy) is 1. The van der Waals surface area contributed by atoms with E-state index in [1.165, 1.54) is 23.8 Å². The normalized spacial score (nSPS) is 15.0. The maximum atomic E-state index is 12.8. The van der Waals surface area contributed by atoms with Crippen molar-refractivity contribution in [1.82, 2.24) is 4.90 Å². The third kappa shape index (κ3) is 5.25. The Morgan fingerprint density at radius 1 is 1.27 bits per heavy atom. The summed E-state index contributed by atoms with van der Waals surface area (Å²) in [5.74, 6) is -0.319. The largest absolute Gasteiger partial charge is 0.495 e. The molecule has 2 N–H and O–H groups in total. The molecule has 0 unspecified atom stereocenters. The van der Waals surface area contributed by atoms with Crippen molar-refractivity contribution >= 4 is 52.5 Å². The van der Waals surface area contributed by atoms with Gasteiger partial charge in [0.1, 0.15) is 5.75 Å². The van der Waals surface area contributed by atoms with Crippen molar-refractivity contribution in [3.8, 4) is 5.75 Å². The van der Waals surface area contributed by atoms with E-state index in [9.17, 15) is 14.4 Å². The Morgan fingerprint density at radius 2 is 2.03 bits per heavy atom. The van der Waals surface area contributed by atoms with E-state index < -0.39 is 5.25 Å². The van der Waals surface area contributed by atoms with Crippen LogP contribution in [-0.2, 0) is 14.4 Å². The van der Waals surface area contributed by atoms with E-state index in [2.05, 4.69) is 10.6 Å². The maximum Gasteiger partial charge on any atom is 0.244 e. The van der Waals surface area contributed by atoms with Gasteiger partial charge in [0.05, 0.1) is 30.3 Å². The van der Waals surface area contributed by atoms with E-state index >= 15 is 0 Å². The van der Waals surface area contributed by atoms with Crippen molar-refractivity contribution < 1.29 is 19.1 Å². The molecule has 0 aliphatic carbocycles. The van der Waals surface area contributed by atoms with Crippen LogP contribution in [0.1, 0.15) is 13.3 Å². The van der Waals surface area contributed by atoms with Crippen molar-refractivity contribution in [2.24, 2.45) is 0 Å². The van der Waals surface area contributed by atoms with Gasteiger partial charge in [-0.15, -0.1) is 11.8 Å². The second-order valence-corrected chi connectivity index (χ2v) is 8.28. The molecule has 30 heavy (non-hydrogen) atoms. The van der Waals surface area contributed by atoms with Gasteiger partial charge in [-0.3, -0.25) is 14.4 Å². The SMILES string of the molecule is CCN(CC(=O)Nc1ccccc1OC)C(=O)C[C@@H]1Sc2ccc(Cl)cc2NC1=O. The highest BCUT2D eigenvalue weighted by atomic mass is 35.5. The number of anilines is 2. The first-order valence-electron chi connectivity index (χ1n) is 9.39. The lowest BCUT2D eigenvalue weighted by Crippen LogP contribution is -2.41. The molecule has 0 saturated carbocycles. The predicted octanol–water partition coefficient (Wildman–Crippen LogP) is 3.64. The molecule has 1 atom stereocenters. The number of fused-ring (bicyclic) bond motifs is 1. The number of nitrogens with one attached hydrogen (secondary N) is 2. The summed E-state index contributed by atoms with van der Waals surface area (Å²) in [4.78, 5) is 39.9. The number of nitrogens with zero attached hydrogens (tertiary/aromatic N) is 1. The number of likely N-dealkylation sites (N-methyl/N-ethyl adjacent to an activating group) is 1. The summed E-state index contributed by atoms with van der Waals surface area (Å²) in [6, 6.07) is 12.3. The van der Waals surface area contributed by atoms with Crippen molar-refractivity contribution in [1.29, 1.82) is 0 Å². The van der Waals surface area contributed by atoms with E-state index in [0.717, 1.165) is 4.90 Å². The summed E-state index contributed by atoms with van der Waals surface area (Å²) in [7, 11) is 1.52. The highest BCUT2D eigenvalue weighted by Gasteiger charge is 2.31. The minimum absolute atomic E-state index is 0.00561. The number of carbonyl (C=O) groups is 3. The average molecular weight is 448 g/mol. The molecule has 0 fully saturated rings. The quantitative estimate of drug-likeness (QED) is 0.676. The fourth-order valence-electron chi connectivity index (χ4n) is 3.03. The molecule has 0 radical (unpaired) electrons. The van der Waals surface area contributed by atoms with Crippen molar-refractivity contribution in [3.63, 3.8) is 0 Å². The molecule has 0 bridgehead atoms. The number of thioether (sulfide) groups is 1. The van der Waals surface area contributed by atoms with Crippen LogP contribution >= 0.6 is 23.4 Å². The van der Waals surface area contributed by atoms with Crippen LogP contribution in [0.5, 0.6) is 5.75 Å². The minimum Gasteiger partial charge on any atom is -0.495 e. The monoisotopic (exact) mass is 447 g/mol. The molecule has 9 heteroatoms. The van der Waals surface area contributed by atoms with Gasteiger partial charge in [0.15, 0.2) is 0 Å². The summed E-state index contributed by atoms with van der Waals surface area (Å²) in [6.07, 6.45) is -0.00561. The van der Waals surface area contributed by atoms with Gasteiger partial charge in [-0.05, 0) is 37.3 Å². The Hall–Kier alpha value is -2.71. The zero-order valence-corrected chi connectivity index (χ0v) is 18.2. The lowest BCUT2D eigenvalue weighted by Gasteiger charge is -2.26. The van der Waals surface area contributed by atoms with Crippen LogP contribution in [-0.4, -0.2) is 48.1 Å². The van der Waals surface area contributed by atoms with Crippen LogP contribution in [0.25, 0.3) is 0 Å². The van der Waals surface area contributed by atoms with Gasteiger partial charge >= 0.3 is 0 Å². The fourth-order valence-corrected chi connectivity index (χ4v) is 4.29. The van der Waals surface area contributed by atoms with Crippen molar-refractivity contribution in [3.05, 3.63) is 47.5 Å². The van der Waals surface area contributed by atoms with Gasteiger partial charge in [-0.2, -0.15) is 0 Å². The van der Waals surface area contributed by atoms with E-state index in [1.807, 2.05) is 6.07 Å². The average Bonchev–Trinajstić information content (AvgIpc) is 2.73. The molecule has 2 aromatic rings. The summed E-state index contributed by atoms with van der Waals surface area (Å²) in [6.45, 7) is 2.03. The Morgan fingerprint density at radius 3 is 2.77 bits per heavy atom. The first-order valence-corrected chi connectivity index (χ1v) is 10.6. The number of hydrogen-bond acceptors (Lipinski definition) is 5. The Kier molecular flexibility index (Phi) is 7.23. The predicted molar refractivity (Wildman–Crippen MR) is 118 cm³/mol. The van der Waals surface area contributed by atoms with E-state index in [-0.39, 0.29) is 30.7 Å². The molecule has 0 spiro atoms. The summed E-state index contributed by atoms with van der Waals surface area (Å²) >= 11 is 7.29. The fraction of sp³-hybridized carbons (Fsp3) is 0.286. The lowest BCUT2D eigenvalue weighted by molar-refractivity contribution is -0.135. The van der Waals surface area contributed by atoms with E-state index in [0.29, 0.717) is 28.7 Å². The van der Waals surface area contributed by atoms with Gasteiger partial charge in [-0.1, -0.05) is 23.7 Å². The molecule has 0 aromatic heterocycles. The molecular weight excluding hydrogens is 426 g/mol. The number of rotatable bonds is 7. The molecule has 1 aliphatic rings. The van der Waals surface area contributed by atoms with Gasteiger partial charge in [0, 0.05) is 22.9 Å². The topological polar surface area (TPSA) is 87.7 Å². The Balaban J connectivity index is 1.61. The Bertz CT molecular complexity index is 969. The summed E-state index contributed by atoms with van der Waals surface area (Å²) < 4.78 is 5.22. The minimum atomic E-state index is -0.572. The molecule has 1 heterocycles. The number of benzene rings is 2. The highest BCUT2D eigenvalue weighted by molar-refractivity contribution is 8.01. The highest BCUT2D eigenvalue weighted by Crippen LogP contribution is 2.38. The molecule has 3 amide bonds.